The average Bonchev–Trinajstić information content (AvgIpc) is 3.13. The lowest BCUT2D eigenvalue weighted by atomic mass is 10.1. The molecule has 0 atom stereocenters. The van der Waals surface area contributed by atoms with Crippen LogP contribution in [0.3, 0.4) is 0 Å². The number of hydrogen-bond donors (Lipinski definition) is 0. The van der Waals surface area contributed by atoms with Crippen molar-refractivity contribution in [3.05, 3.63) is 93.5 Å². The molecular formula is C23H19Cl2N3S. The van der Waals surface area contributed by atoms with E-state index in [-0.39, 0.29) is 0 Å². The Morgan fingerprint density at radius 1 is 0.828 bits per heavy atom. The average molecular weight is 440 g/mol. The molecule has 0 amide bonds. The van der Waals surface area contributed by atoms with Gasteiger partial charge in [0.2, 0.25) is 0 Å². The van der Waals surface area contributed by atoms with E-state index in [4.69, 9.17) is 23.2 Å². The second kappa shape index (κ2) is 8.62. The predicted molar refractivity (Wildman–Crippen MR) is 122 cm³/mol. The summed E-state index contributed by atoms with van der Waals surface area (Å²) in [7, 11) is 0. The van der Waals surface area contributed by atoms with Gasteiger partial charge in [-0.25, -0.2) is 0 Å². The largest absolute Gasteiger partial charge is 0.270 e. The summed E-state index contributed by atoms with van der Waals surface area (Å²) in [5.74, 6) is 1.54. The standard InChI is InChI=1S/C23H19Cl2N3S/c1-15-6-11-21(12-16(15)2)28-22(18-7-9-19(24)10-8-18)26-27-23(28)29-14-17-4-3-5-20(25)13-17/h3-13H,14H2,1-2H3. The third-order valence-corrected chi connectivity index (χ3v) is 6.23. The van der Waals surface area contributed by atoms with E-state index in [1.807, 2.05) is 42.5 Å². The molecule has 6 heteroatoms. The molecule has 3 aromatic carbocycles. The van der Waals surface area contributed by atoms with Crippen molar-refractivity contribution in [3.63, 3.8) is 0 Å². The van der Waals surface area contributed by atoms with Gasteiger partial charge in [0.1, 0.15) is 0 Å². The molecule has 1 aromatic heterocycles. The number of benzene rings is 3. The first kappa shape index (κ1) is 20.0. The van der Waals surface area contributed by atoms with Crippen LogP contribution in [-0.4, -0.2) is 14.8 Å². The number of halogens is 2. The summed E-state index contributed by atoms with van der Waals surface area (Å²) in [6, 6.07) is 22.0. The van der Waals surface area contributed by atoms with Crippen LogP contribution in [-0.2, 0) is 5.75 Å². The number of aromatic nitrogens is 3. The highest BCUT2D eigenvalue weighted by molar-refractivity contribution is 7.98. The van der Waals surface area contributed by atoms with Crippen LogP contribution in [0.15, 0.2) is 71.9 Å². The third-order valence-electron chi connectivity index (χ3n) is 4.74. The number of rotatable bonds is 5. The van der Waals surface area contributed by atoms with Crippen LogP contribution in [0.1, 0.15) is 16.7 Å². The van der Waals surface area contributed by atoms with E-state index in [9.17, 15) is 0 Å². The molecular weight excluding hydrogens is 421 g/mol. The van der Waals surface area contributed by atoms with Crippen LogP contribution in [0.4, 0.5) is 0 Å². The zero-order valence-corrected chi connectivity index (χ0v) is 18.4. The van der Waals surface area contributed by atoms with Gasteiger partial charge in [-0.3, -0.25) is 4.57 Å². The fourth-order valence-corrected chi connectivity index (χ4v) is 4.26. The molecule has 1 heterocycles. The van der Waals surface area contributed by atoms with Crippen LogP contribution in [0.5, 0.6) is 0 Å². The van der Waals surface area contributed by atoms with Crippen molar-refractivity contribution >= 4 is 35.0 Å². The first-order chi connectivity index (χ1) is 14.0. The molecule has 0 spiro atoms. The molecule has 0 unspecified atom stereocenters. The van der Waals surface area contributed by atoms with E-state index in [1.165, 1.54) is 11.1 Å². The quantitative estimate of drug-likeness (QED) is 0.309. The van der Waals surface area contributed by atoms with Crippen LogP contribution in [0, 0.1) is 13.8 Å². The van der Waals surface area contributed by atoms with Gasteiger partial charge in [0.15, 0.2) is 11.0 Å². The van der Waals surface area contributed by atoms with Crippen LogP contribution in [0.2, 0.25) is 10.0 Å². The van der Waals surface area contributed by atoms with Crippen molar-refractivity contribution in [3.8, 4) is 17.1 Å². The maximum atomic E-state index is 6.13. The minimum Gasteiger partial charge on any atom is -0.270 e. The van der Waals surface area contributed by atoms with Crippen LogP contribution >= 0.6 is 35.0 Å². The molecule has 0 aliphatic heterocycles. The highest BCUT2D eigenvalue weighted by atomic mass is 35.5. The van der Waals surface area contributed by atoms with Gasteiger partial charge >= 0.3 is 0 Å². The number of aryl methyl sites for hydroxylation is 2. The highest BCUT2D eigenvalue weighted by Gasteiger charge is 2.17. The highest BCUT2D eigenvalue weighted by Crippen LogP contribution is 2.31. The number of thioether (sulfide) groups is 1. The molecule has 3 nitrogen and oxygen atoms in total. The molecule has 0 aliphatic rings. The SMILES string of the molecule is Cc1ccc(-n2c(SCc3cccc(Cl)c3)nnc2-c2ccc(Cl)cc2)cc1C. The molecule has 0 aliphatic carbocycles. The Labute approximate surface area is 184 Å². The Morgan fingerprint density at radius 2 is 1.62 bits per heavy atom. The zero-order chi connectivity index (χ0) is 20.4. The Balaban J connectivity index is 1.76. The van der Waals surface area contributed by atoms with Gasteiger partial charge < -0.3 is 0 Å². The van der Waals surface area contributed by atoms with Crippen LogP contribution < -0.4 is 0 Å². The van der Waals surface area contributed by atoms with E-state index in [0.29, 0.717) is 5.02 Å². The molecule has 4 aromatic rings. The van der Waals surface area contributed by atoms with E-state index >= 15 is 0 Å². The van der Waals surface area contributed by atoms with Crippen molar-refractivity contribution in [1.82, 2.24) is 14.8 Å². The van der Waals surface area contributed by atoms with Gasteiger partial charge in [0.25, 0.3) is 0 Å². The summed E-state index contributed by atoms with van der Waals surface area (Å²) in [6.07, 6.45) is 0. The summed E-state index contributed by atoms with van der Waals surface area (Å²) < 4.78 is 2.10. The maximum Gasteiger partial charge on any atom is 0.196 e. The number of hydrogen-bond acceptors (Lipinski definition) is 3. The van der Waals surface area contributed by atoms with Gasteiger partial charge in [-0.15, -0.1) is 10.2 Å². The van der Waals surface area contributed by atoms with Gasteiger partial charge in [0.05, 0.1) is 5.69 Å². The molecule has 4 rings (SSSR count). The molecule has 0 saturated carbocycles. The van der Waals surface area contributed by atoms with Crippen molar-refractivity contribution in [1.29, 1.82) is 0 Å². The summed E-state index contributed by atoms with van der Waals surface area (Å²) in [6.45, 7) is 4.23. The molecule has 0 saturated heterocycles. The first-order valence-electron chi connectivity index (χ1n) is 9.17. The summed E-state index contributed by atoms with van der Waals surface area (Å²) >= 11 is 13.8. The Hall–Kier alpha value is -2.27. The molecule has 146 valence electrons. The molecule has 29 heavy (non-hydrogen) atoms. The van der Waals surface area contributed by atoms with Crippen molar-refractivity contribution in [2.75, 3.05) is 0 Å². The molecule has 0 N–H and O–H groups in total. The van der Waals surface area contributed by atoms with E-state index < -0.39 is 0 Å². The monoisotopic (exact) mass is 439 g/mol. The summed E-state index contributed by atoms with van der Waals surface area (Å²) in [4.78, 5) is 0. The lowest BCUT2D eigenvalue weighted by Gasteiger charge is -2.12. The minimum atomic E-state index is 0.696. The fourth-order valence-electron chi connectivity index (χ4n) is 3.02. The smallest absolute Gasteiger partial charge is 0.196 e. The summed E-state index contributed by atoms with van der Waals surface area (Å²) in [5, 5.41) is 11.3. The van der Waals surface area contributed by atoms with Gasteiger partial charge in [-0.05, 0) is 79.1 Å². The molecule has 0 radical (unpaired) electrons. The predicted octanol–water partition coefficient (Wildman–Crippen LogP) is 7.15. The second-order valence-electron chi connectivity index (χ2n) is 6.84. The van der Waals surface area contributed by atoms with E-state index in [1.54, 1.807) is 11.8 Å². The first-order valence-corrected chi connectivity index (χ1v) is 10.9. The van der Waals surface area contributed by atoms with Crippen LogP contribution in [0.25, 0.3) is 17.1 Å². The van der Waals surface area contributed by atoms with Crippen molar-refractivity contribution in [2.24, 2.45) is 0 Å². The third kappa shape index (κ3) is 4.50. The van der Waals surface area contributed by atoms with Gasteiger partial charge in [0, 0.05) is 21.4 Å². The second-order valence-corrected chi connectivity index (χ2v) is 8.65. The van der Waals surface area contributed by atoms with E-state index in [2.05, 4.69) is 52.9 Å². The number of nitrogens with zero attached hydrogens (tertiary/aromatic N) is 3. The lowest BCUT2D eigenvalue weighted by Crippen LogP contribution is -2.01. The molecule has 0 fully saturated rings. The zero-order valence-electron chi connectivity index (χ0n) is 16.1. The van der Waals surface area contributed by atoms with Crippen molar-refractivity contribution < 1.29 is 0 Å². The summed E-state index contributed by atoms with van der Waals surface area (Å²) in [5.41, 5.74) is 5.63. The Kier molecular flexibility index (Phi) is 5.95. The lowest BCUT2D eigenvalue weighted by molar-refractivity contribution is 0.884. The van der Waals surface area contributed by atoms with E-state index in [0.717, 1.165) is 38.6 Å². The fraction of sp³-hybridized carbons (Fsp3) is 0.130. The normalized spacial score (nSPS) is 11.0. The van der Waals surface area contributed by atoms with Gasteiger partial charge in [-0.1, -0.05) is 53.2 Å². The van der Waals surface area contributed by atoms with Crippen molar-refractivity contribution in [2.45, 2.75) is 24.8 Å². The minimum absolute atomic E-state index is 0.696. The maximum absolute atomic E-state index is 6.13. The molecule has 0 bridgehead atoms. The Morgan fingerprint density at radius 3 is 2.34 bits per heavy atom. The van der Waals surface area contributed by atoms with Gasteiger partial charge in [-0.2, -0.15) is 0 Å². The topological polar surface area (TPSA) is 30.7 Å². The Bertz CT molecular complexity index is 1150.